The van der Waals surface area contributed by atoms with E-state index in [-0.39, 0.29) is 5.56 Å². The van der Waals surface area contributed by atoms with Crippen molar-refractivity contribution < 1.29 is 26.7 Å². The van der Waals surface area contributed by atoms with Crippen molar-refractivity contribution in [1.29, 1.82) is 0 Å². The quantitative estimate of drug-likeness (QED) is 0.737. The molecule has 6 heteroatoms. The molecule has 0 aliphatic rings. The fourth-order valence-corrected chi connectivity index (χ4v) is 1.70. The Morgan fingerprint density at radius 3 is 1.95 bits per heavy atom. The lowest BCUT2D eigenvalue weighted by molar-refractivity contribution is -0.187. The van der Waals surface area contributed by atoms with Crippen LogP contribution < -0.4 is 4.74 Å². The molecule has 0 aromatic heterocycles. The minimum atomic E-state index is -4.06. The Bertz CT molecular complexity index is 659. The van der Waals surface area contributed by atoms with E-state index in [2.05, 4.69) is 4.74 Å². The fraction of sp³-hybridized carbons (Fsp3) is 0.200. The van der Waals surface area contributed by atoms with Crippen LogP contribution in [0.25, 0.3) is 0 Å². The Labute approximate surface area is 118 Å². The molecule has 0 heterocycles. The summed E-state index contributed by atoms with van der Waals surface area (Å²) in [5, 5.41) is 0. The number of hydrogen-bond donors (Lipinski definition) is 0. The van der Waals surface area contributed by atoms with Crippen LogP contribution in [0.2, 0.25) is 0 Å². The minimum Gasteiger partial charge on any atom is -0.426 e. The van der Waals surface area contributed by atoms with Crippen LogP contribution in [0.15, 0.2) is 30.3 Å². The Balaban J connectivity index is 2.38. The third kappa shape index (κ3) is 3.15. The van der Waals surface area contributed by atoms with Gasteiger partial charge in [0.2, 0.25) is 0 Å². The van der Waals surface area contributed by atoms with Crippen molar-refractivity contribution in [3.05, 3.63) is 64.5 Å². The number of aryl methyl sites for hydroxylation is 1. The first-order valence-corrected chi connectivity index (χ1v) is 6.00. The maximum atomic E-state index is 13.9. The van der Waals surface area contributed by atoms with Crippen LogP contribution in [0, 0.1) is 31.3 Å². The van der Waals surface area contributed by atoms with E-state index in [9.17, 15) is 22.0 Å². The minimum absolute atomic E-state index is 0.379. The molecular weight excluding hydrogens is 291 g/mol. The summed E-state index contributed by atoms with van der Waals surface area (Å²) in [5.74, 6) is -3.94. The highest BCUT2D eigenvalue weighted by molar-refractivity contribution is 5.31. The lowest BCUT2D eigenvalue weighted by Gasteiger charge is -2.19. The van der Waals surface area contributed by atoms with E-state index >= 15 is 0 Å². The first kappa shape index (κ1) is 15.3. The van der Waals surface area contributed by atoms with Crippen LogP contribution in [0.1, 0.15) is 16.7 Å². The standard InChI is InChI=1S/C15H11F5O/c1-8-3-4-14(13(18)5-8)21-15(19,20)10-6-11(16)9(2)12(17)7-10/h3-7H,1-2H3. The maximum absolute atomic E-state index is 13.9. The molecule has 2 aromatic rings. The molecule has 0 radical (unpaired) electrons. The number of halogens is 5. The molecule has 0 saturated carbocycles. The van der Waals surface area contributed by atoms with E-state index in [1.807, 2.05) is 0 Å². The van der Waals surface area contributed by atoms with Gasteiger partial charge < -0.3 is 4.74 Å². The molecule has 0 saturated heterocycles. The van der Waals surface area contributed by atoms with Gasteiger partial charge in [0, 0.05) is 5.56 Å². The molecule has 0 spiro atoms. The summed E-state index contributed by atoms with van der Waals surface area (Å²) in [6.45, 7) is 2.70. The molecule has 21 heavy (non-hydrogen) atoms. The van der Waals surface area contributed by atoms with E-state index in [0.717, 1.165) is 19.1 Å². The Kier molecular flexibility index (Phi) is 3.89. The van der Waals surface area contributed by atoms with E-state index in [0.29, 0.717) is 17.7 Å². The highest BCUT2D eigenvalue weighted by atomic mass is 19.3. The van der Waals surface area contributed by atoms with Crippen molar-refractivity contribution in [2.24, 2.45) is 0 Å². The van der Waals surface area contributed by atoms with Crippen molar-refractivity contribution >= 4 is 0 Å². The van der Waals surface area contributed by atoms with Crippen LogP contribution in [-0.2, 0) is 6.11 Å². The SMILES string of the molecule is Cc1ccc(OC(F)(F)c2cc(F)c(C)c(F)c2)c(F)c1. The lowest BCUT2D eigenvalue weighted by Crippen LogP contribution is -2.23. The molecule has 1 nitrogen and oxygen atoms in total. The highest BCUT2D eigenvalue weighted by Gasteiger charge is 2.36. The second kappa shape index (κ2) is 5.35. The van der Waals surface area contributed by atoms with Gasteiger partial charge in [0.15, 0.2) is 11.6 Å². The monoisotopic (exact) mass is 302 g/mol. The molecule has 0 N–H and O–H groups in total. The van der Waals surface area contributed by atoms with Gasteiger partial charge in [-0.25, -0.2) is 13.2 Å². The van der Waals surface area contributed by atoms with Crippen molar-refractivity contribution in [1.82, 2.24) is 0 Å². The average molecular weight is 302 g/mol. The smallest absolute Gasteiger partial charge is 0.426 e. The molecule has 112 valence electrons. The van der Waals surface area contributed by atoms with Crippen LogP contribution >= 0.6 is 0 Å². The normalized spacial score (nSPS) is 11.6. The van der Waals surface area contributed by atoms with Crippen LogP contribution in [-0.4, -0.2) is 0 Å². The Morgan fingerprint density at radius 1 is 0.857 bits per heavy atom. The molecule has 2 rings (SSSR count). The average Bonchev–Trinajstić information content (AvgIpc) is 2.38. The molecule has 0 fully saturated rings. The molecule has 0 atom stereocenters. The molecular formula is C15H11F5O. The van der Waals surface area contributed by atoms with Gasteiger partial charge in [0.25, 0.3) is 0 Å². The second-order valence-corrected chi connectivity index (χ2v) is 4.62. The third-order valence-electron chi connectivity index (χ3n) is 2.94. The molecule has 2 aromatic carbocycles. The second-order valence-electron chi connectivity index (χ2n) is 4.62. The number of rotatable bonds is 3. The van der Waals surface area contributed by atoms with Gasteiger partial charge in [0.05, 0.1) is 5.56 Å². The van der Waals surface area contributed by atoms with Crippen LogP contribution in [0.3, 0.4) is 0 Å². The van der Waals surface area contributed by atoms with Crippen molar-refractivity contribution in [2.75, 3.05) is 0 Å². The van der Waals surface area contributed by atoms with Crippen LogP contribution in [0.4, 0.5) is 22.0 Å². The van der Waals surface area contributed by atoms with Gasteiger partial charge in [-0.1, -0.05) is 6.07 Å². The summed E-state index contributed by atoms with van der Waals surface area (Å²) >= 11 is 0. The van der Waals surface area contributed by atoms with E-state index in [1.165, 1.54) is 6.07 Å². The van der Waals surface area contributed by atoms with Crippen molar-refractivity contribution in [2.45, 2.75) is 20.0 Å². The Hall–Kier alpha value is -2.11. The van der Waals surface area contributed by atoms with E-state index < -0.39 is 34.9 Å². The topological polar surface area (TPSA) is 9.23 Å². The predicted octanol–water partition coefficient (Wildman–Crippen LogP) is 4.85. The van der Waals surface area contributed by atoms with Gasteiger partial charge in [0.1, 0.15) is 11.6 Å². The zero-order valence-corrected chi connectivity index (χ0v) is 11.2. The van der Waals surface area contributed by atoms with Gasteiger partial charge in [-0.15, -0.1) is 0 Å². The molecule has 0 amide bonds. The summed E-state index contributed by atoms with van der Waals surface area (Å²) in [7, 11) is 0. The molecule has 0 unspecified atom stereocenters. The summed E-state index contributed by atoms with van der Waals surface area (Å²) in [6.07, 6.45) is -4.06. The number of alkyl halides is 2. The zero-order valence-electron chi connectivity index (χ0n) is 11.2. The zero-order chi connectivity index (χ0) is 15.8. The lowest BCUT2D eigenvalue weighted by atomic mass is 10.1. The summed E-state index contributed by atoms with van der Waals surface area (Å²) in [4.78, 5) is 0. The van der Waals surface area contributed by atoms with Crippen molar-refractivity contribution in [3.63, 3.8) is 0 Å². The van der Waals surface area contributed by atoms with Crippen LogP contribution in [0.5, 0.6) is 5.75 Å². The molecule has 0 bridgehead atoms. The van der Waals surface area contributed by atoms with Gasteiger partial charge in [-0.2, -0.15) is 8.78 Å². The first-order valence-electron chi connectivity index (χ1n) is 6.00. The van der Waals surface area contributed by atoms with Gasteiger partial charge in [-0.3, -0.25) is 0 Å². The Morgan fingerprint density at radius 2 is 1.43 bits per heavy atom. The molecule has 0 aliphatic heterocycles. The largest absolute Gasteiger partial charge is 0.427 e. The summed E-state index contributed by atoms with van der Waals surface area (Å²) in [5.41, 5.74) is -0.880. The van der Waals surface area contributed by atoms with E-state index in [1.54, 1.807) is 6.92 Å². The fourth-order valence-electron chi connectivity index (χ4n) is 1.70. The number of ether oxygens (including phenoxy) is 1. The van der Waals surface area contributed by atoms with Gasteiger partial charge >= 0.3 is 6.11 Å². The first-order chi connectivity index (χ1) is 9.70. The number of hydrogen-bond acceptors (Lipinski definition) is 1. The predicted molar refractivity (Wildman–Crippen MR) is 66.8 cm³/mol. The summed E-state index contributed by atoms with van der Waals surface area (Å²) < 4.78 is 72.3. The maximum Gasteiger partial charge on any atom is 0.427 e. The van der Waals surface area contributed by atoms with E-state index in [4.69, 9.17) is 0 Å². The van der Waals surface area contributed by atoms with Crippen molar-refractivity contribution in [3.8, 4) is 5.75 Å². The third-order valence-corrected chi connectivity index (χ3v) is 2.94. The number of benzene rings is 2. The highest BCUT2D eigenvalue weighted by Crippen LogP contribution is 2.34. The molecule has 0 aliphatic carbocycles. The summed E-state index contributed by atoms with van der Waals surface area (Å²) in [6, 6.07) is 4.35. The van der Waals surface area contributed by atoms with Gasteiger partial charge in [-0.05, 0) is 43.7 Å².